The van der Waals surface area contributed by atoms with E-state index in [0.29, 0.717) is 13.0 Å². The average molecular weight is 334 g/mol. The Hall–Kier alpha value is -1.89. The Bertz CT molecular complexity index is 696. The number of nitrogens with one attached hydrogen (secondary N) is 1. The smallest absolute Gasteiger partial charge is 0.343 e. The summed E-state index contributed by atoms with van der Waals surface area (Å²) in [5, 5.41) is 10.8. The van der Waals surface area contributed by atoms with Crippen molar-refractivity contribution in [2.24, 2.45) is 0 Å². The van der Waals surface area contributed by atoms with Gasteiger partial charge in [0, 0.05) is 32.0 Å². The molecule has 3 rings (SSSR count). The number of aromatic nitrogens is 3. The number of amides is 1. The predicted octanol–water partition coefficient (Wildman–Crippen LogP) is 1.99. The molecule has 1 N–H and O–H groups in total. The van der Waals surface area contributed by atoms with Gasteiger partial charge >= 0.3 is 5.69 Å². The van der Waals surface area contributed by atoms with Gasteiger partial charge in [-0.3, -0.25) is 9.36 Å². The summed E-state index contributed by atoms with van der Waals surface area (Å²) in [5.41, 5.74) is 1.10. The first kappa shape index (κ1) is 16.0. The van der Waals surface area contributed by atoms with Gasteiger partial charge in [0.25, 0.3) is 0 Å². The van der Waals surface area contributed by atoms with Crippen LogP contribution in [0.4, 0.5) is 0 Å². The fourth-order valence-corrected chi connectivity index (χ4v) is 3.88. The lowest BCUT2D eigenvalue weighted by Crippen LogP contribution is -2.38. The average Bonchev–Trinajstić information content (AvgIpc) is 3.22. The van der Waals surface area contributed by atoms with Crippen LogP contribution in [-0.4, -0.2) is 38.7 Å². The van der Waals surface area contributed by atoms with E-state index in [2.05, 4.69) is 21.6 Å². The van der Waals surface area contributed by atoms with Crippen LogP contribution in [0.1, 0.15) is 43.5 Å². The molecule has 0 bridgehead atoms. The van der Waals surface area contributed by atoms with Crippen molar-refractivity contribution in [3.8, 4) is 0 Å². The largest absolute Gasteiger partial charge is 0.343 e. The third kappa shape index (κ3) is 3.55. The third-order valence-corrected chi connectivity index (χ3v) is 5.26. The SMILES string of the molecule is CCn1c(C2CCN(C(=O)CCc3ccsc3)CC2)n[nH]c1=O. The Morgan fingerprint density at radius 1 is 1.43 bits per heavy atom. The molecule has 0 spiro atoms. The summed E-state index contributed by atoms with van der Waals surface area (Å²) in [6, 6.07) is 2.08. The molecule has 0 aliphatic carbocycles. The molecular weight excluding hydrogens is 312 g/mol. The lowest BCUT2D eigenvalue weighted by Gasteiger charge is -2.31. The summed E-state index contributed by atoms with van der Waals surface area (Å²) in [4.78, 5) is 25.9. The highest BCUT2D eigenvalue weighted by atomic mass is 32.1. The zero-order valence-electron chi connectivity index (χ0n) is 13.3. The molecule has 7 heteroatoms. The van der Waals surface area contributed by atoms with Gasteiger partial charge in [-0.1, -0.05) is 0 Å². The highest BCUT2D eigenvalue weighted by molar-refractivity contribution is 7.07. The van der Waals surface area contributed by atoms with E-state index in [-0.39, 0.29) is 17.5 Å². The Kier molecular flexibility index (Phi) is 4.95. The second-order valence-electron chi connectivity index (χ2n) is 5.92. The molecule has 1 aliphatic heterocycles. The van der Waals surface area contributed by atoms with Crippen LogP contribution in [0.3, 0.4) is 0 Å². The number of rotatable bonds is 5. The Labute approximate surface area is 139 Å². The molecule has 2 aromatic heterocycles. The fraction of sp³-hybridized carbons (Fsp3) is 0.562. The van der Waals surface area contributed by atoms with Gasteiger partial charge in [0.15, 0.2) is 0 Å². The maximum Gasteiger partial charge on any atom is 0.343 e. The van der Waals surface area contributed by atoms with Gasteiger partial charge in [-0.15, -0.1) is 0 Å². The van der Waals surface area contributed by atoms with E-state index in [0.717, 1.165) is 38.2 Å². The number of aromatic amines is 1. The van der Waals surface area contributed by atoms with Crippen LogP contribution in [0.2, 0.25) is 0 Å². The topological polar surface area (TPSA) is 71.0 Å². The van der Waals surface area contributed by atoms with Crippen molar-refractivity contribution in [2.45, 2.75) is 45.1 Å². The van der Waals surface area contributed by atoms with Crippen molar-refractivity contribution in [1.82, 2.24) is 19.7 Å². The summed E-state index contributed by atoms with van der Waals surface area (Å²) < 4.78 is 1.69. The van der Waals surface area contributed by atoms with Crippen LogP contribution >= 0.6 is 11.3 Å². The van der Waals surface area contributed by atoms with Crippen molar-refractivity contribution in [3.05, 3.63) is 38.7 Å². The maximum absolute atomic E-state index is 12.3. The molecule has 1 fully saturated rings. The molecule has 23 heavy (non-hydrogen) atoms. The molecule has 0 atom stereocenters. The van der Waals surface area contributed by atoms with Crippen LogP contribution in [-0.2, 0) is 17.8 Å². The first-order chi connectivity index (χ1) is 11.2. The second kappa shape index (κ2) is 7.12. The molecule has 6 nitrogen and oxygen atoms in total. The third-order valence-electron chi connectivity index (χ3n) is 4.52. The fourth-order valence-electron chi connectivity index (χ4n) is 3.18. The number of hydrogen-bond donors (Lipinski definition) is 1. The number of piperidine rings is 1. The normalized spacial score (nSPS) is 16.0. The van der Waals surface area contributed by atoms with Crippen LogP contribution in [0.15, 0.2) is 21.6 Å². The minimum absolute atomic E-state index is 0.142. The Balaban J connectivity index is 1.53. The van der Waals surface area contributed by atoms with E-state index in [1.165, 1.54) is 5.56 Å². The predicted molar refractivity (Wildman–Crippen MR) is 89.7 cm³/mol. The summed E-state index contributed by atoms with van der Waals surface area (Å²) in [5.74, 6) is 1.32. The summed E-state index contributed by atoms with van der Waals surface area (Å²) in [6.45, 7) is 4.07. The molecule has 1 amide bonds. The number of H-pyrrole nitrogens is 1. The van der Waals surface area contributed by atoms with E-state index < -0.39 is 0 Å². The van der Waals surface area contributed by atoms with Crippen molar-refractivity contribution in [3.63, 3.8) is 0 Å². The zero-order valence-corrected chi connectivity index (χ0v) is 14.1. The molecule has 0 radical (unpaired) electrons. The van der Waals surface area contributed by atoms with Gasteiger partial charge < -0.3 is 4.90 Å². The lowest BCUT2D eigenvalue weighted by molar-refractivity contribution is -0.132. The van der Waals surface area contributed by atoms with Gasteiger partial charge in [-0.05, 0) is 48.6 Å². The van der Waals surface area contributed by atoms with E-state index in [9.17, 15) is 9.59 Å². The van der Waals surface area contributed by atoms with Crippen LogP contribution < -0.4 is 5.69 Å². The van der Waals surface area contributed by atoms with Crippen molar-refractivity contribution in [2.75, 3.05) is 13.1 Å². The number of thiophene rings is 1. The number of carbonyl (C=O) groups excluding carboxylic acids is 1. The minimum Gasteiger partial charge on any atom is -0.343 e. The Morgan fingerprint density at radius 2 is 2.22 bits per heavy atom. The van der Waals surface area contributed by atoms with Gasteiger partial charge in [0.1, 0.15) is 5.82 Å². The molecule has 1 saturated heterocycles. The number of hydrogen-bond acceptors (Lipinski definition) is 4. The van der Waals surface area contributed by atoms with E-state index >= 15 is 0 Å². The lowest BCUT2D eigenvalue weighted by atomic mass is 9.95. The highest BCUT2D eigenvalue weighted by Gasteiger charge is 2.27. The first-order valence-electron chi connectivity index (χ1n) is 8.13. The van der Waals surface area contributed by atoms with Crippen LogP contribution in [0.25, 0.3) is 0 Å². The summed E-state index contributed by atoms with van der Waals surface area (Å²) in [6.07, 6.45) is 3.13. The van der Waals surface area contributed by atoms with Crippen molar-refractivity contribution in [1.29, 1.82) is 0 Å². The second-order valence-corrected chi connectivity index (χ2v) is 6.70. The van der Waals surface area contributed by atoms with Gasteiger partial charge in [-0.2, -0.15) is 16.4 Å². The van der Waals surface area contributed by atoms with Crippen molar-refractivity contribution >= 4 is 17.2 Å². The monoisotopic (exact) mass is 334 g/mol. The van der Waals surface area contributed by atoms with Crippen LogP contribution in [0, 0.1) is 0 Å². The quantitative estimate of drug-likeness (QED) is 0.909. The highest BCUT2D eigenvalue weighted by Crippen LogP contribution is 2.26. The minimum atomic E-state index is -0.142. The number of likely N-dealkylation sites (tertiary alicyclic amines) is 1. The summed E-state index contributed by atoms with van der Waals surface area (Å²) in [7, 11) is 0. The number of nitrogens with zero attached hydrogens (tertiary/aromatic N) is 3. The van der Waals surface area contributed by atoms with Crippen LogP contribution in [0.5, 0.6) is 0 Å². The molecule has 124 valence electrons. The summed E-state index contributed by atoms with van der Waals surface area (Å²) >= 11 is 1.67. The molecule has 0 unspecified atom stereocenters. The van der Waals surface area contributed by atoms with E-state index in [4.69, 9.17) is 0 Å². The maximum atomic E-state index is 12.3. The molecule has 0 aromatic carbocycles. The van der Waals surface area contributed by atoms with Crippen molar-refractivity contribution < 1.29 is 4.79 Å². The van der Waals surface area contributed by atoms with E-state index in [1.54, 1.807) is 15.9 Å². The molecule has 1 aliphatic rings. The Morgan fingerprint density at radius 3 is 2.87 bits per heavy atom. The van der Waals surface area contributed by atoms with E-state index in [1.807, 2.05) is 17.2 Å². The molecule has 0 saturated carbocycles. The molecular formula is C16H22N4O2S. The first-order valence-corrected chi connectivity index (χ1v) is 9.07. The van der Waals surface area contributed by atoms with Gasteiger partial charge in [-0.25, -0.2) is 9.89 Å². The number of carbonyl (C=O) groups is 1. The van der Waals surface area contributed by atoms with Gasteiger partial charge in [0.05, 0.1) is 0 Å². The van der Waals surface area contributed by atoms with Gasteiger partial charge in [0.2, 0.25) is 5.91 Å². The zero-order chi connectivity index (χ0) is 16.2. The number of aryl methyl sites for hydroxylation is 1. The molecule has 2 aromatic rings. The standard InChI is InChI=1S/C16H22N4O2S/c1-2-20-15(17-18-16(20)22)13-5-8-19(9-6-13)14(21)4-3-12-7-10-23-11-12/h7,10-11,13H,2-6,8-9H2,1H3,(H,18,22). The molecule has 3 heterocycles.